The third-order valence-corrected chi connectivity index (χ3v) is 8.74. The molecule has 0 aliphatic carbocycles. The number of ether oxygens (including phenoxy) is 1. The molecule has 45 heavy (non-hydrogen) atoms. The van der Waals surface area contributed by atoms with Gasteiger partial charge in [0.25, 0.3) is 5.91 Å². The Morgan fingerprint density at radius 3 is 2.38 bits per heavy atom. The number of carbonyl (C=O) groups is 1. The van der Waals surface area contributed by atoms with Gasteiger partial charge in [0.05, 0.1) is 6.33 Å². The van der Waals surface area contributed by atoms with Crippen LogP contribution in [0.2, 0.25) is 0 Å². The standard InChI is InChI=1S/C33H42N8O4/c1-3-34-31(44)28-26(42)27(43)32(45-28)41-20-36-25-29(38-33(39-30(25)41)37-23-15-17-40(4-2)18-16-23)35-19-24(21-11-7-5-8-12-21)22-13-9-6-10-14-22/h5-14,20,23-24,26-28,32,42-43H,3-4,15-19H2,1-2H3,(H,34,44)(H2,35,37,38,39)/t26-,27+,28-,32?/m0/s1/i1D. The van der Waals surface area contributed by atoms with E-state index < -0.39 is 30.4 Å². The molecule has 4 atom stereocenters. The molecule has 0 spiro atoms. The van der Waals surface area contributed by atoms with Gasteiger partial charge < -0.3 is 35.8 Å². The predicted octanol–water partition coefficient (Wildman–Crippen LogP) is 2.72. The van der Waals surface area contributed by atoms with Crippen LogP contribution in [0.1, 0.15) is 51.3 Å². The van der Waals surface area contributed by atoms with Gasteiger partial charge in [-0.3, -0.25) is 9.36 Å². The number of likely N-dealkylation sites (N-methyl/N-ethyl adjacent to an activating group) is 1. The van der Waals surface area contributed by atoms with Crippen molar-refractivity contribution in [2.24, 2.45) is 0 Å². The van der Waals surface area contributed by atoms with Crippen LogP contribution in [0.25, 0.3) is 11.2 Å². The van der Waals surface area contributed by atoms with Gasteiger partial charge in [-0.2, -0.15) is 9.97 Å². The van der Waals surface area contributed by atoms with E-state index in [9.17, 15) is 15.0 Å². The topological polar surface area (TPSA) is 150 Å². The van der Waals surface area contributed by atoms with Gasteiger partial charge in [-0.1, -0.05) is 67.6 Å². The van der Waals surface area contributed by atoms with Crippen molar-refractivity contribution in [2.75, 3.05) is 43.4 Å². The van der Waals surface area contributed by atoms with Crippen molar-refractivity contribution < 1.29 is 21.1 Å². The fraction of sp³-hybridized carbons (Fsp3) is 0.455. The van der Waals surface area contributed by atoms with Gasteiger partial charge in [-0.25, -0.2) is 4.98 Å². The highest BCUT2D eigenvalue weighted by Crippen LogP contribution is 2.34. The number of imidazole rings is 1. The average molecular weight is 616 g/mol. The second-order valence-electron chi connectivity index (χ2n) is 11.5. The Morgan fingerprint density at radius 1 is 1.04 bits per heavy atom. The fourth-order valence-corrected chi connectivity index (χ4v) is 6.19. The minimum atomic E-state index is -1.47. The normalized spacial score (nSPS) is 22.9. The Bertz CT molecular complexity index is 1550. The van der Waals surface area contributed by atoms with Gasteiger partial charge >= 0.3 is 0 Å². The summed E-state index contributed by atoms with van der Waals surface area (Å²) in [5.41, 5.74) is 3.18. The molecule has 2 fully saturated rings. The predicted molar refractivity (Wildman–Crippen MR) is 172 cm³/mol. The van der Waals surface area contributed by atoms with Gasteiger partial charge in [0.2, 0.25) is 5.95 Å². The van der Waals surface area contributed by atoms with Crippen LogP contribution < -0.4 is 16.0 Å². The lowest BCUT2D eigenvalue weighted by Gasteiger charge is -2.31. The highest BCUT2D eigenvalue weighted by atomic mass is 16.6. The number of amides is 1. The molecule has 0 saturated carbocycles. The van der Waals surface area contributed by atoms with E-state index in [0.29, 0.717) is 29.5 Å². The van der Waals surface area contributed by atoms with E-state index in [0.717, 1.165) is 43.6 Å². The monoisotopic (exact) mass is 615 g/mol. The molecule has 2 aliphatic heterocycles. The van der Waals surface area contributed by atoms with E-state index in [4.69, 9.17) is 16.1 Å². The van der Waals surface area contributed by atoms with Crippen molar-refractivity contribution in [3.8, 4) is 0 Å². The quantitative estimate of drug-likeness (QED) is 0.171. The summed E-state index contributed by atoms with van der Waals surface area (Å²) in [7, 11) is 0. The van der Waals surface area contributed by atoms with Crippen molar-refractivity contribution in [2.45, 2.75) is 63.2 Å². The number of rotatable bonds is 11. The minimum absolute atomic E-state index is 0.0119. The zero-order valence-electron chi connectivity index (χ0n) is 26.4. The molecule has 5 N–H and O–H groups in total. The summed E-state index contributed by atoms with van der Waals surface area (Å²) in [6, 6.07) is 20.8. The number of carbonyl (C=O) groups excluding carboxylic acids is 1. The van der Waals surface area contributed by atoms with Crippen LogP contribution in [0.4, 0.5) is 11.8 Å². The number of hydrogen-bond acceptors (Lipinski definition) is 10. The van der Waals surface area contributed by atoms with Crippen LogP contribution in [0.5, 0.6) is 0 Å². The molecular weight excluding hydrogens is 572 g/mol. The number of likely N-dealkylation sites (tertiary alicyclic amines) is 1. The zero-order chi connectivity index (χ0) is 32.0. The lowest BCUT2D eigenvalue weighted by atomic mass is 9.91. The summed E-state index contributed by atoms with van der Waals surface area (Å²) in [5.74, 6) is 0.381. The third kappa shape index (κ3) is 6.64. The molecule has 0 bridgehead atoms. The summed E-state index contributed by atoms with van der Waals surface area (Å²) in [5, 5.41) is 31.3. The summed E-state index contributed by atoms with van der Waals surface area (Å²) in [4.78, 5) is 29.4. The van der Waals surface area contributed by atoms with E-state index in [1.165, 1.54) is 6.33 Å². The summed E-state index contributed by atoms with van der Waals surface area (Å²) in [6.45, 7) is 5.79. The fourth-order valence-electron chi connectivity index (χ4n) is 6.19. The molecule has 2 aromatic heterocycles. The van der Waals surface area contributed by atoms with Gasteiger partial charge in [0.1, 0.15) is 12.2 Å². The first kappa shape index (κ1) is 29.6. The number of aromatic nitrogens is 4. The largest absolute Gasteiger partial charge is 0.387 e. The van der Waals surface area contributed by atoms with E-state index in [-0.39, 0.29) is 25.4 Å². The summed E-state index contributed by atoms with van der Waals surface area (Å²) >= 11 is 0. The second kappa shape index (κ2) is 13.9. The van der Waals surface area contributed by atoms with Crippen molar-refractivity contribution in [3.05, 3.63) is 78.1 Å². The number of hydrogen-bond donors (Lipinski definition) is 5. The lowest BCUT2D eigenvalue weighted by Crippen LogP contribution is -2.42. The Morgan fingerprint density at radius 2 is 1.73 bits per heavy atom. The van der Waals surface area contributed by atoms with Gasteiger partial charge in [-0.05, 0) is 37.4 Å². The second-order valence-corrected chi connectivity index (χ2v) is 11.5. The molecule has 0 radical (unpaired) electrons. The summed E-state index contributed by atoms with van der Waals surface area (Å²) in [6.07, 6.45) is -1.90. The molecule has 12 nitrogen and oxygen atoms in total. The molecule has 2 aliphatic rings. The van der Waals surface area contributed by atoms with Crippen LogP contribution in [-0.2, 0) is 9.53 Å². The number of nitrogens with zero attached hydrogens (tertiary/aromatic N) is 5. The third-order valence-electron chi connectivity index (χ3n) is 8.74. The molecule has 238 valence electrons. The number of benzene rings is 2. The van der Waals surface area contributed by atoms with Crippen LogP contribution >= 0.6 is 0 Å². The molecule has 4 heterocycles. The SMILES string of the molecule is [2H]CCNC(=O)[C@H]1OC(n2cnc3c(NCC(c4ccccc4)c4ccccc4)nc(NC4CCN(CC)CC4)nc32)[C@H](O)[C@@H]1O. The number of piperidine rings is 1. The molecule has 6 rings (SSSR count). The first-order valence-electron chi connectivity index (χ1n) is 16.3. The highest BCUT2D eigenvalue weighted by molar-refractivity contribution is 5.85. The van der Waals surface area contributed by atoms with E-state index in [1.54, 1.807) is 4.57 Å². The first-order valence-corrected chi connectivity index (χ1v) is 15.6. The molecule has 2 aromatic carbocycles. The Balaban J connectivity index is 1.33. The molecule has 1 unspecified atom stereocenters. The maximum atomic E-state index is 12.6. The number of aliphatic hydroxyl groups is 2. The van der Waals surface area contributed by atoms with Gasteiger partial charge in [0.15, 0.2) is 29.3 Å². The summed E-state index contributed by atoms with van der Waals surface area (Å²) < 4.78 is 14.8. The van der Waals surface area contributed by atoms with Crippen LogP contribution in [0.3, 0.4) is 0 Å². The Hall–Kier alpha value is -4.10. The Labute approximate surface area is 264 Å². The van der Waals surface area contributed by atoms with Gasteiger partial charge in [-0.15, -0.1) is 0 Å². The Kier molecular flexibility index (Phi) is 9.15. The first-order chi connectivity index (χ1) is 22.5. The molecule has 12 heteroatoms. The number of aliphatic hydroxyl groups excluding tert-OH is 2. The van der Waals surface area contributed by atoms with Crippen molar-refractivity contribution >= 4 is 28.8 Å². The highest BCUT2D eigenvalue weighted by Gasteiger charge is 2.47. The van der Waals surface area contributed by atoms with E-state index in [1.807, 2.05) is 36.4 Å². The average Bonchev–Trinajstić information content (AvgIpc) is 3.65. The molecule has 2 saturated heterocycles. The van der Waals surface area contributed by atoms with Crippen molar-refractivity contribution in [1.82, 2.24) is 29.7 Å². The van der Waals surface area contributed by atoms with Crippen LogP contribution in [-0.4, -0.2) is 97.6 Å². The number of nitrogens with one attached hydrogen (secondary N) is 3. The van der Waals surface area contributed by atoms with Crippen molar-refractivity contribution in [1.29, 1.82) is 0 Å². The van der Waals surface area contributed by atoms with Crippen LogP contribution in [0.15, 0.2) is 67.0 Å². The smallest absolute Gasteiger partial charge is 0.252 e. The molecule has 4 aromatic rings. The zero-order valence-corrected chi connectivity index (χ0v) is 25.4. The maximum Gasteiger partial charge on any atom is 0.252 e. The van der Waals surface area contributed by atoms with E-state index >= 15 is 0 Å². The number of fused-ring (bicyclic) bond motifs is 1. The molecular formula is C33H42N8O4. The van der Waals surface area contributed by atoms with Gasteiger partial charge in [0, 0.05) is 39.5 Å². The minimum Gasteiger partial charge on any atom is -0.387 e. The lowest BCUT2D eigenvalue weighted by molar-refractivity contribution is -0.137. The van der Waals surface area contributed by atoms with E-state index in [2.05, 4.69) is 57.0 Å². The molecule has 1 amide bonds. The maximum absolute atomic E-state index is 12.6. The number of anilines is 2. The van der Waals surface area contributed by atoms with Crippen LogP contribution in [0, 0.1) is 0 Å². The van der Waals surface area contributed by atoms with Crippen molar-refractivity contribution in [3.63, 3.8) is 0 Å².